The van der Waals surface area contributed by atoms with Gasteiger partial charge in [-0.25, -0.2) is 0 Å². The van der Waals surface area contributed by atoms with Crippen LogP contribution in [0.5, 0.6) is 0 Å². The first-order chi connectivity index (χ1) is 9.58. The van der Waals surface area contributed by atoms with Crippen molar-refractivity contribution in [3.63, 3.8) is 0 Å². The van der Waals surface area contributed by atoms with E-state index < -0.39 is 0 Å². The largest absolute Gasteiger partial charge is 0.468 e. The van der Waals surface area contributed by atoms with E-state index >= 15 is 0 Å². The summed E-state index contributed by atoms with van der Waals surface area (Å²) in [5.41, 5.74) is 0. The van der Waals surface area contributed by atoms with Gasteiger partial charge in [-0.15, -0.1) is 0 Å². The Balaban J connectivity index is 2.64. The monoisotopic (exact) mass is 284 g/mol. The summed E-state index contributed by atoms with van der Waals surface area (Å²) in [6, 6.07) is 0.451. The predicted octanol–water partition coefficient (Wildman–Crippen LogP) is 2.43. The van der Waals surface area contributed by atoms with E-state index in [9.17, 15) is 4.79 Å². The highest BCUT2D eigenvalue weighted by Crippen LogP contribution is 2.24. The molecule has 0 aromatic heterocycles. The molecule has 4 nitrogen and oxygen atoms in total. The van der Waals surface area contributed by atoms with Gasteiger partial charge in [-0.2, -0.15) is 0 Å². The third kappa shape index (κ3) is 5.80. The molecule has 0 bridgehead atoms. The Bertz CT molecular complexity index is 276. The second-order valence-electron chi connectivity index (χ2n) is 6.32. The molecule has 0 aliphatic heterocycles. The molecule has 118 valence electrons. The van der Waals surface area contributed by atoms with Crippen molar-refractivity contribution >= 4 is 5.97 Å². The van der Waals surface area contributed by atoms with Gasteiger partial charge in [0.15, 0.2) is 0 Å². The van der Waals surface area contributed by atoms with E-state index in [1.165, 1.54) is 32.8 Å². The first-order valence-electron chi connectivity index (χ1n) is 8.13. The number of carbonyl (C=O) groups excluding carboxylic acids is 1. The van der Waals surface area contributed by atoms with Crippen LogP contribution >= 0.6 is 0 Å². The van der Waals surface area contributed by atoms with Gasteiger partial charge in [0.1, 0.15) is 6.04 Å². The second-order valence-corrected chi connectivity index (χ2v) is 6.32. The van der Waals surface area contributed by atoms with Crippen LogP contribution in [0.4, 0.5) is 0 Å². The Morgan fingerprint density at radius 2 is 1.95 bits per heavy atom. The van der Waals surface area contributed by atoms with Gasteiger partial charge in [-0.1, -0.05) is 33.6 Å². The Kier molecular flexibility index (Phi) is 8.15. The van der Waals surface area contributed by atoms with Crippen LogP contribution in [0.1, 0.15) is 52.9 Å². The Hall–Kier alpha value is -0.610. The molecule has 1 aliphatic carbocycles. The molecule has 1 unspecified atom stereocenters. The molecular formula is C16H32N2O2. The van der Waals surface area contributed by atoms with Crippen LogP contribution in [0.2, 0.25) is 0 Å². The maximum atomic E-state index is 11.9. The highest BCUT2D eigenvalue weighted by atomic mass is 16.5. The minimum Gasteiger partial charge on any atom is -0.468 e. The van der Waals surface area contributed by atoms with Crippen LogP contribution in [0.3, 0.4) is 0 Å². The zero-order valence-electron chi connectivity index (χ0n) is 13.7. The molecule has 1 saturated carbocycles. The number of carbonyl (C=O) groups is 1. The Morgan fingerprint density at radius 1 is 1.30 bits per heavy atom. The summed E-state index contributed by atoms with van der Waals surface area (Å²) in [6.07, 6.45) is 6.22. The molecule has 1 N–H and O–H groups in total. The van der Waals surface area contributed by atoms with Gasteiger partial charge in [0.2, 0.25) is 0 Å². The van der Waals surface area contributed by atoms with Crippen molar-refractivity contribution in [3.8, 4) is 0 Å². The number of hydrogen-bond acceptors (Lipinski definition) is 4. The average Bonchev–Trinajstić information content (AvgIpc) is 2.94. The predicted molar refractivity (Wildman–Crippen MR) is 82.8 cm³/mol. The summed E-state index contributed by atoms with van der Waals surface area (Å²) in [5.74, 6) is 0.491. The van der Waals surface area contributed by atoms with Crippen molar-refractivity contribution < 1.29 is 9.53 Å². The van der Waals surface area contributed by atoms with E-state index in [0.29, 0.717) is 12.0 Å². The van der Waals surface area contributed by atoms with Gasteiger partial charge in [0.05, 0.1) is 7.11 Å². The van der Waals surface area contributed by atoms with Crippen LogP contribution in [-0.2, 0) is 9.53 Å². The SMILES string of the molecule is CCCNC(CN(CC(C)C)C1CCCC1)C(=O)OC. The molecule has 0 radical (unpaired) electrons. The standard InChI is InChI=1S/C16H32N2O2/c1-5-10-17-15(16(19)20-4)12-18(11-13(2)3)14-8-6-7-9-14/h13-15,17H,5-12H2,1-4H3. The lowest BCUT2D eigenvalue weighted by atomic mass is 10.1. The van der Waals surface area contributed by atoms with E-state index in [0.717, 1.165) is 26.1 Å². The number of esters is 1. The normalized spacial score (nSPS) is 17.9. The lowest BCUT2D eigenvalue weighted by molar-refractivity contribution is -0.143. The number of ether oxygens (including phenoxy) is 1. The van der Waals surface area contributed by atoms with Gasteiger partial charge in [-0.05, 0) is 31.7 Å². The fraction of sp³-hybridized carbons (Fsp3) is 0.938. The van der Waals surface area contributed by atoms with Crippen molar-refractivity contribution in [2.24, 2.45) is 5.92 Å². The van der Waals surface area contributed by atoms with Crippen molar-refractivity contribution in [3.05, 3.63) is 0 Å². The maximum Gasteiger partial charge on any atom is 0.324 e. The summed E-state index contributed by atoms with van der Waals surface area (Å²) in [7, 11) is 1.48. The van der Waals surface area contributed by atoms with Gasteiger partial charge < -0.3 is 10.1 Å². The molecule has 1 rings (SSSR count). The molecule has 20 heavy (non-hydrogen) atoms. The van der Waals surface area contributed by atoms with E-state index in [4.69, 9.17) is 4.74 Å². The first-order valence-corrected chi connectivity index (χ1v) is 8.13. The van der Waals surface area contributed by atoms with Crippen molar-refractivity contribution in [2.75, 3.05) is 26.7 Å². The van der Waals surface area contributed by atoms with Gasteiger partial charge in [-0.3, -0.25) is 9.69 Å². The average molecular weight is 284 g/mol. The lowest BCUT2D eigenvalue weighted by Gasteiger charge is -2.33. The van der Waals surface area contributed by atoms with Crippen LogP contribution in [-0.4, -0.2) is 49.7 Å². The number of rotatable bonds is 9. The van der Waals surface area contributed by atoms with Gasteiger partial charge in [0, 0.05) is 19.1 Å². The van der Waals surface area contributed by atoms with Crippen LogP contribution in [0.15, 0.2) is 0 Å². The molecular weight excluding hydrogens is 252 g/mol. The number of nitrogens with zero attached hydrogens (tertiary/aromatic N) is 1. The molecule has 1 atom stereocenters. The summed E-state index contributed by atoms with van der Waals surface area (Å²) in [5, 5.41) is 3.33. The third-order valence-electron chi connectivity index (χ3n) is 3.98. The van der Waals surface area contributed by atoms with Crippen molar-refractivity contribution in [2.45, 2.75) is 65.0 Å². The number of hydrogen-bond donors (Lipinski definition) is 1. The van der Waals surface area contributed by atoms with E-state index in [2.05, 4.69) is 31.0 Å². The van der Waals surface area contributed by atoms with Crippen LogP contribution < -0.4 is 5.32 Å². The van der Waals surface area contributed by atoms with Crippen molar-refractivity contribution in [1.29, 1.82) is 0 Å². The molecule has 0 spiro atoms. The van der Waals surface area contributed by atoms with Crippen molar-refractivity contribution in [1.82, 2.24) is 10.2 Å². The topological polar surface area (TPSA) is 41.6 Å². The molecule has 1 fully saturated rings. The number of nitrogens with one attached hydrogen (secondary N) is 1. The van der Waals surface area contributed by atoms with E-state index in [-0.39, 0.29) is 12.0 Å². The van der Waals surface area contributed by atoms with Gasteiger partial charge >= 0.3 is 5.97 Å². The molecule has 0 aromatic rings. The molecule has 0 saturated heterocycles. The van der Waals surface area contributed by atoms with E-state index in [1.807, 2.05) is 0 Å². The number of methoxy groups -OCH3 is 1. The van der Waals surface area contributed by atoms with E-state index in [1.54, 1.807) is 0 Å². The minimum absolute atomic E-state index is 0.134. The lowest BCUT2D eigenvalue weighted by Crippen LogP contribution is -2.50. The molecule has 0 aromatic carbocycles. The highest BCUT2D eigenvalue weighted by molar-refractivity contribution is 5.75. The molecule has 0 heterocycles. The first kappa shape index (κ1) is 17.4. The fourth-order valence-electron chi connectivity index (χ4n) is 3.03. The zero-order valence-corrected chi connectivity index (χ0v) is 13.7. The fourth-order valence-corrected chi connectivity index (χ4v) is 3.03. The summed E-state index contributed by atoms with van der Waals surface area (Å²) >= 11 is 0. The maximum absolute atomic E-state index is 11.9. The molecule has 1 aliphatic rings. The smallest absolute Gasteiger partial charge is 0.324 e. The van der Waals surface area contributed by atoms with Crippen LogP contribution in [0, 0.1) is 5.92 Å². The summed E-state index contributed by atoms with van der Waals surface area (Å²) in [4.78, 5) is 14.4. The second kappa shape index (κ2) is 9.35. The quantitative estimate of drug-likeness (QED) is 0.660. The van der Waals surface area contributed by atoms with Gasteiger partial charge in [0.25, 0.3) is 0 Å². The zero-order chi connectivity index (χ0) is 15.0. The Morgan fingerprint density at radius 3 is 2.45 bits per heavy atom. The third-order valence-corrected chi connectivity index (χ3v) is 3.98. The van der Waals surface area contributed by atoms with Crippen LogP contribution in [0.25, 0.3) is 0 Å². The summed E-state index contributed by atoms with van der Waals surface area (Å²) < 4.78 is 4.95. The highest BCUT2D eigenvalue weighted by Gasteiger charge is 2.28. The summed E-state index contributed by atoms with van der Waals surface area (Å²) in [6.45, 7) is 9.30. The molecule has 4 heteroatoms. The molecule has 0 amide bonds. The Labute approximate surface area is 124 Å². The minimum atomic E-state index is -0.195.